The maximum absolute atomic E-state index is 11.8. The number of aromatic nitrogens is 1. The first-order valence-electron chi connectivity index (χ1n) is 5.25. The molecule has 1 aromatic heterocycles. The minimum absolute atomic E-state index is 0.178. The second kappa shape index (κ2) is 4.65. The summed E-state index contributed by atoms with van der Waals surface area (Å²) in [6.45, 7) is 1.87. The summed E-state index contributed by atoms with van der Waals surface area (Å²) in [5, 5.41) is 2.72. The molecular formula is C13H13N3O. The van der Waals surface area contributed by atoms with Gasteiger partial charge < -0.3 is 11.1 Å². The lowest BCUT2D eigenvalue weighted by molar-refractivity contribution is 0.102. The number of benzene rings is 1. The lowest BCUT2D eigenvalue weighted by Crippen LogP contribution is -2.13. The molecule has 1 amide bonds. The van der Waals surface area contributed by atoms with Gasteiger partial charge in [-0.25, -0.2) is 4.98 Å². The maximum Gasteiger partial charge on any atom is 0.256 e. The monoisotopic (exact) mass is 227 g/mol. The molecule has 0 bridgehead atoms. The molecule has 0 saturated heterocycles. The van der Waals surface area contributed by atoms with Crippen LogP contribution in [0.5, 0.6) is 0 Å². The number of nitrogens with two attached hydrogens (primary N) is 1. The Balaban J connectivity index is 2.16. The summed E-state index contributed by atoms with van der Waals surface area (Å²) >= 11 is 0. The van der Waals surface area contributed by atoms with Gasteiger partial charge in [0.15, 0.2) is 0 Å². The molecule has 0 spiro atoms. The Bertz CT molecular complexity index is 538. The van der Waals surface area contributed by atoms with E-state index in [1.807, 2.05) is 25.1 Å². The Hall–Kier alpha value is -2.36. The number of amides is 1. The highest BCUT2D eigenvalue weighted by Crippen LogP contribution is 2.13. The van der Waals surface area contributed by atoms with Gasteiger partial charge in [-0.05, 0) is 30.7 Å². The van der Waals surface area contributed by atoms with Crippen LogP contribution in [0, 0.1) is 6.92 Å². The van der Waals surface area contributed by atoms with Gasteiger partial charge in [0.1, 0.15) is 5.82 Å². The van der Waals surface area contributed by atoms with E-state index in [1.165, 1.54) is 6.20 Å². The predicted octanol–water partition coefficient (Wildman–Crippen LogP) is 2.22. The number of hydrogen-bond acceptors (Lipinski definition) is 3. The number of nitrogens with one attached hydrogen (secondary N) is 1. The second-order valence-corrected chi connectivity index (χ2v) is 3.75. The van der Waals surface area contributed by atoms with Crippen molar-refractivity contribution in [3.8, 4) is 0 Å². The van der Waals surface area contributed by atoms with Gasteiger partial charge in [0.05, 0.1) is 11.9 Å². The Kier molecular flexibility index (Phi) is 3.05. The van der Waals surface area contributed by atoms with Crippen LogP contribution >= 0.6 is 0 Å². The SMILES string of the molecule is Cc1cc(NC(=O)c2ccccc2)ncc1N. The van der Waals surface area contributed by atoms with Crippen LogP contribution in [-0.4, -0.2) is 10.9 Å². The molecule has 1 aromatic carbocycles. The fraction of sp³-hybridized carbons (Fsp3) is 0.0769. The van der Waals surface area contributed by atoms with Crippen LogP contribution in [0.1, 0.15) is 15.9 Å². The Morgan fingerprint density at radius 3 is 2.65 bits per heavy atom. The quantitative estimate of drug-likeness (QED) is 0.826. The average molecular weight is 227 g/mol. The van der Waals surface area contributed by atoms with Crippen LogP contribution in [-0.2, 0) is 0 Å². The molecule has 2 aromatic rings. The zero-order valence-electron chi connectivity index (χ0n) is 9.47. The zero-order valence-corrected chi connectivity index (χ0v) is 9.47. The van der Waals surface area contributed by atoms with Crippen LogP contribution in [0.4, 0.5) is 11.5 Å². The van der Waals surface area contributed by atoms with E-state index in [-0.39, 0.29) is 5.91 Å². The van der Waals surface area contributed by atoms with Gasteiger partial charge >= 0.3 is 0 Å². The molecule has 86 valence electrons. The third-order valence-corrected chi connectivity index (χ3v) is 2.43. The first-order valence-corrected chi connectivity index (χ1v) is 5.25. The van der Waals surface area contributed by atoms with Crippen molar-refractivity contribution >= 4 is 17.4 Å². The molecule has 0 radical (unpaired) electrons. The van der Waals surface area contributed by atoms with Crippen molar-refractivity contribution in [1.29, 1.82) is 0 Å². The zero-order chi connectivity index (χ0) is 12.3. The topological polar surface area (TPSA) is 68.0 Å². The lowest BCUT2D eigenvalue weighted by atomic mass is 10.2. The summed E-state index contributed by atoms with van der Waals surface area (Å²) in [6, 6.07) is 10.7. The highest BCUT2D eigenvalue weighted by Gasteiger charge is 2.06. The third-order valence-electron chi connectivity index (χ3n) is 2.43. The van der Waals surface area contributed by atoms with Gasteiger partial charge in [0.25, 0.3) is 5.91 Å². The number of nitrogens with zero attached hydrogens (tertiary/aromatic N) is 1. The van der Waals surface area contributed by atoms with E-state index in [0.717, 1.165) is 5.56 Å². The van der Waals surface area contributed by atoms with Crippen molar-refractivity contribution in [3.63, 3.8) is 0 Å². The number of aryl methyl sites for hydroxylation is 1. The van der Waals surface area contributed by atoms with Gasteiger partial charge in [-0.3, -0.25) is 4.79 Å². The summed E-state index contributed by atoms with van der Waals surface area (Å²) in [5.74, 6) is 0.327. The van der Waals surface area contributed by atoms with Crippen molar-refractivity contribution in [1.82, 2.24) is 4.98 Å². The van der Waals surface area contributed by atoms with Crippen molar-refractivity contribution in [2.45, 2.75) is 6.92 Å². The Morgan fingerprint density at radius 1 is 1.29 bits per heavy atom. The lowest BCUT2D eigenvalue weighted by Gasteiger charge is -2.06. The predicted molar refractivity (Wildman–Crippen MR) is 67.8 cm³/mol. The highest BCUT2D eigenvalue weighted by atomic mass is 16.1. The minimum Gasteiger partial charge on any atom is -0.397 e. The van der Waals surface area contributed by atoms with Crippen LogP contribution in [0.15, 0.2) is 42.6 Å². The molecule has 0 aliphatic carbocycles. The van der Waals surface area contributed by atoms with E-state index < -0.39 is 0 Å². The highest BCUT2D eigenvalue weighted by molar-refractivity contribution is 6.03. The molecule has 1 heterocycles. The molecule has 0 fully saturated rings. The summed E-state index contributed by atoms with van der Waals surface area (Å²) in [5.41, 5.74) is 7.76. The average Bonchev–Trinajstić information content (AvgIpc) is 2.35. The van der Waals surface area contributed by atoms with E-state index in [0.29, 0.717) is 17.1 Å². The summed E-state index contributed by atoms with van der Waals surface area (Å²) in [7, 11) is 0. The van der Waals surface area contributed by atoms with Gasteiger partial charge in [-0.2, -0.15) is 0 Å². The number of hydrogen-bond donors (Lipinski definition) is 2. The number of carbonyl (C=O) groups is 1. The molecule has 17 heavy (non-hydrogen) atoms. The maximum atomic E-state index is 11.8. The van der Waals surface area contributed by atoms with E-state index in [1.54, 1.807) is 18.2 Å². The number of pyridine rings is 1. The fourth-order valence-corrected chi connectivity index (χ4v) is 1.41. The molecule has 0 saturated carbocycles. The third kappa shape index (κ3) is 2.60. The van der Waals surface area contributed by atoms with Crippen LogP contribution in [0.25, 0.3) is 0 Å². The molecular weight excluding hydrogens is 214 g/mol. The number of nitrogen functional groups attached to an aromatic ring is 1. The minimum atomic E-state index is -0.178. The first-order chi connectivity index (χ1) is 8.16. The van der Waals surface area contributed by atoms with E-state index in [4.69, 9.17) is 5.73 Å². The first kappa shape index (κ1) is 11.1. The fourth-order valence-electron chi connectivity index (χ4n) is 1.41. The van der Waals surface area contributed by atoms with Crippen LogP contribution in [0.2, 0.25) is 0 Å². The standard InChI is InChI=1S/C13H13N3O/c1-9-7-12(15-8-11(9)14)16-13(17)10-5-3-2-4-6-10/h2-8H,14H2,1H3,(H,15,16,17). The number of anilines is 2. The van der Waals surface area contributed by atoms with E-state index in [9.17, 15) is 4.79 Å². The summed E-state index contributed by atoms with van der Waals surface area (Å²) < 4.78 is 0. The van der Waals surface area contributed by atoms with E-state index in [2.05, 4.69) is 10.3 Å². The molecule has 0 aliphatic heterocycles. The Labute approximate surface area is 99.5 Å². The number of rotatable bonds is 2. The molecule has 0 unspecified atom stereocenters. The molecule has 3 N–H and O–H groups in total. The summed E-state index contributed by atoms with van der Waals surface area (Å²) in [6.07, 6.45) is 1.54. The normalized spacial score (nSPS) is 9.94. The van der Waals surface area contributed by atoms with Gasteiger partial charge in [0.2, 0.25) is 0 Å². The van der Waals surface area contributed by atoms with Gasteiger partial charge in [-0.15, -0.1) is 0 Å². The van der Waals surface area contributed by atoms with Crippen molar-refractivity contribution < 1.29 is 4.79 Å². The molecule has 0 atom stereocenters. The second-order valence-electron chi connectivity index (χ2n) is 3.75. The smallest absolute Gasteiger partial charge is 0.256 e. The van der Waals surface area contributed by atoms with Crippen molar-refractivity contribution in [2.75, 3.05) is 11.1 Å². The number of carbonyl (C=O) groups excluding carboxylic acids is 1. The van der Waals surface area contributed by atoms with Crippen LogP contribution in [0.3, 0.4) is 0 Å². The molecule has 0 aliphatic rings. The van der Waals surface area contributed by atoms with E-state index >= 15 is 0 Å². The molecule has 4 nitrogen and oxygen atoms in total. The molecule has 4 heteroatoms. The molecule has 2 rings (SSSR count). The van der Waals surface area contributed by atoms with Crippen LogP contribution < -0.4 is 11.1 Å². The van der Waals surface area contributed by atoms with Crippen molar-refractivity contribution in [2.24, 2.45) is 0 Å². The van der Waals surface area contributed by atoms with Crippen molar-refractivity contribution in [3.05, 3.63) is 53.7 Å². The van der Waals surface area contributed by atoms with Gasteiger partial charge in [-0.1, -0.05) is 18.2 Å². The van der Waals surface area contributed by atoms with Gasteiger partial charge in [0, 0.05) is 5.56 Å². The summed E-state index contributed by atoms with van der Waals surface area (Å²) in [4.78, 5) is 15.9. The Morgan fingerprint density at radius 2 is 2.00 bits per heavy atom. The largest absolute Gasteiger partial charge is 0.397 e.